The van der Waals surface area contributed by atoms with Gasteiger partial charge >= 0.3 is 0 Å². The molecule has 1 saturated heterocycles. The van der Waals surface area contributed by atoms with Crippen molar-refractivity contribution >= 4 is 21.6 Å². The Morgan fingerprint density at radius 2 is 1.77 bits per heavy atom. The minimum atomic E-state index is -3.60. The number of hydrogen-bond donors (Lipinski definition) is 1. The van der Waals surface area contributed by atoms with Crippen LogP contribution in [0.3, 0.4) is 0 Å². The Morgan fingerprint density at radius 3 is 2.43 bits per heavy atom. The van der Waals surface area contributed by atoms with Crippen molar-refractivity contribution in [2.24, 2.45) is 0 Å². The van der Waals surface area contributed by atoms with Gasteiger partial charge in [-0.3, -0.25) is 4.79 Å². The first-order valence-corrected chi connectivity index (χ1v) is 11.7. The number of para-hydroxylation sites is 1. The van der Waals surface area contributed by atoms with Gasteiger partial charge in [-0.25, -0.2) is 13.1 Å². The minimum absolute atomic E-state index is 0.124. The van der Waals surface area contributed by atoms with Crippen LogP contribution in [-0.4, -0.2) is 45.9 Å². The average molecular weight is 428 g/mol. The molecule has 1 amide bonds. The van der Waals surface area contributed by atoms with Crippen molar-refractivity contribution in [2.75, 3.05) is 31.6 Å². The number of nitrogens with one attached hydrogen (secondary N) is 1. The van der Waals surface area contributed by atoms with Crippen molar-refractivity contribution in [3.63, 3.8) is 0 Å². The van der Waals surface area contributed by atoms with Crippen molar-refractivity contribution < 1.29 is 13.2 Å². The Kier molecular flexibility index (Phi) is 7.29. The number of anilines is 1. The first-order valence-electron chi connectivity index (χ1n) is 10.2. The molecule has 6 nitrogen and oxygen atoms in total. The van der Waals surface area contributed by atoms with Crippen LogP contribution in [0.4, 0.5) is 5.69 Å². The normalized spacial score (nSPS) is 14.4. The second-order valence-corrected chi connectivity index (χ2v) is 9.27. The predicted molar refractivity (Wildman–Crippen MR) is 120 cm³/mol. The zero-order chi connectivity index (χ0) is 21.6. The van der Waals surface area contributed by atoms with E-state index in [2.05, 4.69) is 28.3 Å². The number of sulfonamides is 1. The lowest BCUT2D eigenvalue weighted by Crippen LogP contribution is -2.32. The van der Waals surface area contributed by atoms with Crippen LogP contribution in [0.2, 0.25) is 0 Å². The summed E-state index contributed by atoms with van der Waals surface area (Å²) in [5.74, 6) is -0.147. The lowest BCUT2D eigenvalue weighted by Gasteiger charge is -2.31. The lowest BCUT2D eigenvalue weighted by molar-refractivity contribution is 0.0785. The molecule has 0 atom stereocenters. The lowest BCUT2D eigenvalue weighted by atomic mass is 10.1. The van der Waals surface area contributed by atoms with E-state index in [1.807, 2.05) is 12.1 Å². The van der Waals surface area contributed by atoms with Crippen molar-refractivity contribution in [3.05, 3.63) is 72.3 Å². The standard InChI is InChI=1S/C23H29N3O3S/c1-3-15-24-30(28,29)21-13-11-19(12-14-21)23(27)25(2)18-20-9-5-6-10-22(20)26-16-7-4-8-17-26/h3,5-6,9-14,24H,1,4,7-8,15-18H2,2H3. The minimum Gasteiger partial charge on any atom is -0.371 e. The number of hydrogen-bond acceptors (Lipinski definition) is 4. The molecule has 0 aromatic heterocycles. The molecule has 1 heterocycles. The zero-order valence-electron chi connectivity index (χ0n) is 17.4. The molecular formula is C23H29N3O3S. The molecule has 1 aliphatic rings. The van der Waals surface area contributed by atoms with Crippen LogP contribution in [0.15, 0.2) is 66.1 Å². The van der Waals surface area contributed by atoms with Gasteiger partial charge in [0, 0.05) is 44.5 Å². The van der Waals surface area contributed by atoms with Gasteiger partial charge in [0.05, 0.1) is 4.90 Å². The molecule has 3 rings (SSSR count). The Labute approximate surface area is 179 Å². The van der Waals surface area contributed by atoms with E-state index in [4.69, 9.17) is 0 Å². The maximum atomic E-state index is 12.9. The second kappa shape index (κ2) is 9.91. The molecule has 0 unspecified atom stereocenters. The van der Waals surface area contributed by atoms with Gasteiger partial charge in [0.15, 0.2) is 0 Å². The van der Waals surface area contributed by atoms with E-state index in [9.17, 15) is 13.2 Å². The summed E-state index contributed by atoms with van der Waals surface area (Å²) in [5, 5.41) is 0. The first kappa shape index (κ1) is 22.1. The molecule has 30 heavy (non-hydrogen) atoms. The van der Waals surface area contributed by atoms with Crippen molar-refractivity contribution in [2.45, 2.75) is 30.7 Å². The summed E-state index contributed by atoms with van der Waals surface area (Å²) >= 11 is 0. The summed E-state index contributed by atoms with van der Waals surface area (Å²) in [6.45, 7) is 6.24. The molecule has 2 aromatic carbocycles. The maximum absolute atomic E-state index is 12.9. The molecule has 160 valence electrons. The van der Waals surface area contributed by atoms with Gasteiger partial charge in [0.1, 0.15) is 0 Å². The van der Waals surface area contributed by atoms with Crippen LogP contribution >= 0.6 is 0 Å². The van der Waals surface area contributed by atoms with Gasteiger partial charge in [-0.1, -0.05) is 24.3 Å². The number of carbonyl (C=O) groups excluding carboxylic acids is 1. The average Bonchev–Trinajstić information content (AvgIpc) is 2.78. The quantitative estimate of drug-likeness (QED) is 0.656. The number of carbonyl (C=O) groups is 1. The van der Waals surface area contributed by atoms with E-state index in [-0.39, 0.29) is 17.3 Å². The number of nitrogens with zero attached hydrogens (tertiary/aromatic N) is 2. The third-order valence-electron chi connectivity index (χ3n) is 5.27. The van der Waals surface area contributed by atoms with Gasteiger partial charge < -0.3 is 9.80 Å². The van der Waals surface area contributed by atoms with E-state index in [0.717, 1.165) is 18.7 Å². The van der Waals surface area contributed by atoms with E-state index in [1.54, 1.807) is 24.1 Å². The van der Waals surface area contributed by atoms with Crippen molar-refractivity contribution in [1.82, 2.24) is 9.62 Å². The summed E-state index contributed by atoms with van der Waals surface area (Å²) < 4.78 is 26.8. The van der Waals surface area contributed by atoms with Crippen LogP contribution in [0, 0.1) is 0 Å². The number of benzene rings is 2. The van der Waals surface area contributed by atoms with Gasteiger partial charge in [0.2, 0.25) is 10.0 Å². The van der Waals surface area contributed by atoms with E-state index in [1.165, 1.54) is 43.2 Å². The Hall–Kier alpha value is -2.64. The number of amides is 1. The molecule has 0 aliphatic carbocycles. The summed E-state index contributed by atoms with van der Waals surface area (Å²) in [7, 11) is -1.83. The highest BCUT2D eigenvalue weighted by Crippen LogP contribution is 2.25. The van der Waals surface area contributed by atoms with Gasteiger partial charge in [-0.15, -0.1) is 6.58 Å². The SMILES string of the molecule is C=CCNS(=O)(=O)c1ccc(C(=O)N(C)Cc2ccccc2N2CCCCC2)cc1. The fourth-order valence-electron chi connectivity index (χ4n) is 3.66. The van der Waals surface area contributed by atoms with Crippen LogP contribution in [0.25, 0.3) is 0 Å². The zero-order valence-corrected chi connectivity index (χ0v) is 18.2. The van der Waals surface area contributed by atoms with Gasteiger partial charge in [-0.2, -0.15) is 0 Å². The summed E-state index contributed by atoms with van der Waals surface area (Å²) in [6, 6.07) is 14.2. The molecule has 2 aromatic rings. The molecule has 1 fully saturated rings. The predicted octanol–water partition coefficient (Wildman–Crippen LogP) is 3.41. The first-order chi connectivity index (χ1) is 14.4. The number of rotatable bonds is 8. The second-order valence-electron chi connectivity index (χ2n) is 7.50. The molecule has 7 heteroatoms. The van der Waals surface area contributed by atoms with E-state index >= 15 is 0 Å². The Bertz CT molecular complexity index is 981. The van der Waals surface area contributed by atoms with Crippen LogP contribution < -0.4 is 9.62 Å². The maximum Gasteiger partial charge on any atom is 0.253 e. The van der Waals surface area contributed by atoms with Gasteiger partial charge in [-0.05, 0) is 55.2 Å². The van der Waals surface area contributed by atoms with Crippen molar-refractivity contribution in [1.29, 1.82) is 0 Å². The summed E-state index contributed by atoms with van der Waals surface area (Å²) in [4.78, 5) is 17.1. The highest BCUT2D eigenvalue weighted by atomic mass is 32.2. The molecule has 1 aliphatic heterocycles. The molecule has 0 bridgehead atoms. The monoisotopic (exact) mass is 427 g/mol. The fraction of sp³-hybridized carbons (Fsp3) is 0.348. The summed E-state index contributed by atoms with van der Waals surface area (Å²) in [5.41, 5.74) is 2.75. The molecular weight excluding hydrogens is 398 g/mol. The van der Waals surface area contributed by atoms with Crippen LogP contribution in [0.5, 0.6) is 0 Å². The summed E-state index contributed by atoms with van der Waals surface area (Å²) in [6.07, 6.45) is 5.14. The molecule has 0 radical (unpaired) electrons. The smallest absolute Gasteiger partial charge is 0.253 e. The Morgan fingerprint density at radius 1 is 1.10 bits per heavy atom. The van der Waals surface area contributed by atoms with Crippen LogP contribution in [0.1, 0.15) is 35.2 Å². The van der Waals surface area contributed by atoms with E-state index in [0.29, 0.717) is 12.1 Å². The van der Waals surface area contributed by atoms with Crippen LogP contribution in [-0.2, 0) is 16.6 Å². The third-order valence-corrected chi connectivity index (χ3v) is 6.71. The topological polar surface area (TPSA) is 69.7 Å². The van der Waals surface area contributed by atoms with E-state index < -0.39 is 10.0 Å². The van der Waals surface area contributed by atoms with Crippen molar-refractivity contribution in [3.8, 4) is 0 Å². The molecule has 0 spiro atoms. The number of piperidine rings is 1. The third kappa shape index (κ3) is 5.29. The molecule has 1 N–H and O–H groups in total. The largest absolute Gasteiger partial charge is 0.371 e. The Balaban J connectivity index is 1.71. The van der Waals surface area contributed by atoms with Gasteiger partial charge in [0.25, 0.3) is 5.91 Å². The highest BCUT2D eigenvalue weighted by Gasteiger charge is 2.19. The fourth-order valence-corrected chi connectivity index (χ4v) is 4.66. The highest BCUT2D eigenvalue weighted by molar-refractivity contribution is 7.89. The molecule has 0 saturated carbocycles.